The van der Waals surface area contributed by atoms with Crippen LogP contribution in [0.4, 0.5) is 0 Å². The number of thioether (sulfide) groups is 2. The summed E-state index contributed by atoms with van der Waals surface area (Å²) in [5.41, 5.74) is 0. The first-order valence-electron chi connectivity index (χ1n) is 3.86. The molecule has 68 valence electrons. The first-order valence-corrected chi connectivity index (χ1v) is 6.59. The van der Waals surface area contributed by atoms with Gasteiger partial charge in [0, 0.05) is 17.4 Å². The van der Waals surface area contributed by atoms with E-state index in [1.54, 1.807) is 11.8 Å². The fourth-order valence-corrected chi connectivity index (χ4v) is 3.99. The van der Waals surface area contributed by atoms with E-state index in [-0.39, 0.29) is 0 Å². The van der Waals surface area contributed by atoms with E-state index in [1.165, 1.54) is 4.38 Å². The quantitative estimate of drug-likeness (QED) is 0.690. The Morgan fingerprint density at radius 3 is 2.92 bits per heavy atom. The van der Waals surface area contributed by atoms with Crippen molar-refractivity contribution >= 4 is 51.1 Å². The van der Waals surface area contributed by atoms with E-state index in [0.29, 0.717) is 5.92 Å². The number of nitrogens with zero attached hydrogens (tertiary/aromatic N) is 1. The lowest BCUT2D eigenvalue weighted by Gasteiger charge is -1.99. The van der Waals surface area contributed by atoms with E-state index < -0.39 is 4.33 Å². The molecule has 1 fully saturated rings. The third-order valence-electron chi connectivity index (χ3n) is 1.92. The van der Waals surface area contributed by atoms with E-state index in [0.717, 1.165) is 24.5 Å². The van der Waals surface area contributed by atoms with Gasteiger partial charge in [0.1, 0.15) is 8.71 Å². The van der Waals surface area contributed by atoms with Crippen molar-refractivity contribution in [3.8, 4) is 0 Å². The molecule has 0 amide bonds. The van der Waals surface area contributed by atoms with Crippen LogP contribution >= 0.6 is 46.7 Å². The van der Waals surface area contributed by atoms with E-state index in [4.69, 9.17) is 23.2 Å². The number of alkyl halides is 2. The van der Waals surface area contributed by atoms with Crippen LogP contribution in [0.15, 0.2) is 4.99 Å². The van der Waals surface area contributed by atoms with Crippen LogP contribution in [0.2, 0.25) is 0 Å². The van der Waals surface area contributed by atoms with E-state index in [2.05, 4.69) is 4.99 Å². The number of hydrogen-bond acceptors (Lipinski definition) is 3. The minimum Gasteiger partial charge on any atom is -0.271 e. The Hall–Kier alpha value is 0.950. The molecule has 2 rings (SSSR count). The molecule has 0 aromatic carbocycles. The maximum Gasteiger partial charge on any atom is 0.124 e. The van der Waals surface area contributed by atoms with Crippen LogP contribution in [-0.2, 0) is 0 Å². The Morgan fingerprint density at radius 1 is 1.67 bits per heavy atom. The maximum absolute atomic E-state index is 5.90. The van der Waals surface area contributed by atoms with Gasteiger partial charge in [-0.05, 0) is 6.42 Å². The molecule has 0 saturated heterocycles. The third-order valence-corrected chi connectivity index (χ3v) is 5.26. The standard InChI is InChI=1S/C7H9Cl2NS2/c8-7(9)3-5(7)4-12-6-10-1-2-11-6/h5H,1-4H2. The van der Waals surface area contributed by atoms with Crippen molar-refractivity contribution < 1.29 is 0 Å². The van der Waals surface area contributed by atoms with E-state index in [1.807, 2.05) is 11.8 Å². The molecule has 0 bridgehead atoms. The summed E-state index contributed by atoms with van der Waals surface area (Å²) < 4.78 is 0.794. The third kappa shape index (κ3) is 2.25. The Balaban J connectivity index is 1.70. The lowest BCUT2D eigenvalue weighted by molar-refractivity contribution is 0.983. The number of halogens is 2. The molecule has 1 saturated carbocycles. The average Bonchev–Trinajstić information content (AvgIpc) is 2.54. The summed E-state index contributed by atoms with van der Waals surface area (Å²) in [6, 6.07) is 0. The monoisotopic (exact) mass is 241 g/mol. The molecule has 1 nitrogen and oxygen atoms in total. The van der Waals surface area contributed by atoms with Crippen molar-refractivity contribution in [1.29, 1.82) is 0 Å². The molecular formula is C7H9Cl2NS2. The van der Waals surface area contributed by atoms with Crippen LogP contribution in [0.25, 0.3) is 0 Å². The summed E-state index contributed by atoms with van der Waals surface area (Å²) in [6.45, 7) is 0.977. The smallest absolute Gasteiger partial charge is 0.124 e. The SMILES string of the molecule is ClC1(Cl)CC1CSC1=NCCS1. The van der Waals surface area contributed by atoms with Crippen LogP contribution < -0.4 is 0 Å². The Bertz CT molecular complexity index is 217. The van der Waals surface area contributed by atoms with Crippen molar-refractivity contribution in [3.63, 3.8) is 0 Å². The number of hydrogen-bond donors (Lipinski definition) is 0. The Morgan fingerprint density at radius 2 is 2.42 bits per heavy atom. The fourth-order valence-electron chi connectivity index (χ4n) is 1.03. The minimum atomic E-state index is -0.420. The number of aliphatic imine (C=N–C) groups is 1. The summed E-state index contributed by atoms with van der Waals surface area (Å²) in [5.74, 6) is 2.65. The maximum atomic E-state index is 5.90. The van der Waals surface area contributed by atoms with Gasteiger partial charge in [0.25, 0.3) is 0 Å². The second kappa shape index (κ2) is 3.60. The topological polar surface area (TPSA) is 12.4 Å². The second-order valence-corrected chi connectivity index (χ2v) is 6.86. The highest BCUT2D eigenvalue weighted by molar-refractivity contribution is 8.39. The second-order valence-electron chi connectivity index (χ2n) is 2.97. The fraction of sp³-hybridized carbons (Fsp3) is 0.857. The van der Waals surface area contributed by atoms with E-state index >= 15 is 0 Å². The van der Waals surface area contributed by atoms with Crippen molar-refractivity contribution in [1.82, 2.24) is 0 Å². The van der Waals surface area contributed by atoms with Gasteiger partial charge in [-0.3, -0.25) is 4.99 Å². The predicted octanol–water partition coefficient (Wildman–Crippen LogP) is 3.02. The molecule has 0 aromatic rings. The van der Waals surface area contributed by atoms with Crippen molar-refractivity contribution in [2.45, 2.75) is 10.8 Å². The largest absolute Gasteiger partial charge is 0.271 e. The van der Waals surface area contributed by atoms with Crippen LogP contribution in [0.1, 0.15) is 6.42 Å². The minimum absolute atomic E-state index is 0.420. The van der Waals surface area contributed by atoms with Crippen molar-refractivity contribution in [3.05, 3.63) is 0 Å². The lowest BCUT2D eigenvalue weighted by Crippen LogP contribution is -1.94. The van der Waals surface area contributed by atoms with Gasteiger partial charge in [0.2, 0.25) is 0 Å². The van der Waals surface area contributed by atoms with Gasteiger partial charge in [-0.2, -0.15) is 0 Å². The van der Waals surface area contributed by atoms with Crippen molar-refractivity contribution in [2.75, 3.05) is 18.1 Å². The van der Waals surface area contributed by atoms with Gasteiger partial charge in [-0.15, -0.1) is 23.2 Å². The molecule has 1 aliphatic heterocycles. The molecule has 0 N–H and O–H groups in total. The zero-order valence-corrected chi connectivity index (χ0v) is 9.57. The zero-order valence-electron chi connectivity index (χ0n) is 6.43. The molecule has 2 aliphatic rings. The summed E-state index contributed by atoms with van der Waals surface area (Å²) in [5, 5.41) is 0. The number of rotatable bonds is 2. The molecule has 5 heteroatoms. The first kappa shape index (κ1) is 9.50. The van der Waals surface area contributed by atoms with Gasteiger partial charge in [-0.25, -0.2) is 0 Å². The first-order chi connectivity index (χ1) is 5.68. The highest BCUT2D eigenvalue weighted by Crippen LogP contribution is 2.54. The van der Waals surface area contributed by atoms with Gasteiger partial charge in [0.15, 0.2) is 0 Å². The molecule has 0 aromatic heterocycles. The van der Waals surface area contributed by atoms with E-state index in [9.17, 15) is 0 Å². The van der Waals surface area contributed by atoms with Gasteiger partial charge >= 0.3 is 0 Å². The van der Waals surface area contributed by atoms with Gasteiger partial charge < -0.3 is 0 Å². The van der Waals surface area contributed by atoms with Crippen molar-refractivity contribution in [2.24, 2.45) is 10.9 Å². The summed E-state index contributed by atoms with van der Waals surface area (Å²) >= 11 is 15.4. The molecule has 1 atom stereocenters. The lowest BCUT2D eigenvalue weighted by atomic mass is 10.5. The molecule has 0 spiro atoms. The molecular weight excluding hydrogens is 233 g/mol. The zero-order chi connectivity index (χ0) is 8.60. The van der Waals surface area contributed by atoms with Gasteiger partial charge in [-0.1, -0.05) is 23.5 Å². The summed E-state index contributed by atoms with van der Waals surface area (Å²) in [6.07, 6.45) is 0.945. The molecule has 0 radical (unpaired) electrons. The normalized spacial score (nSPS) is 31.8. The summed E-state index contributed by atoms with van der Waals surface area (Å²) in [4.78, 5) is 4.34. The predicted molar refractivity (Wildman–Crippen MR) is 59.8 cm³/mol. The molecule has 12 heavy (non-hydrogen) atoms. The molecule has 1 heterocycles. The average molecular weight is 242 g/mol. The highest BCUT2D eigenvalue weighted by Gasteiger charge is 2.51. The summed E-state index contributed by atoms with van der Waals surface area (Å²) in [7, 11) is 0. The van der Waals surface area contributed by atoms with Crippen LogP contribution in [0.3, 0.4) is 0 Å². The molecule has 1 aliphatic carbocycles. The highest BCUT2D eigenvalue weighted by atomic mass is 35.5. The van der Waals surface area contributed by atoms with Gasteiger partial charge in [0.05, 0.1) is 6.54 Å². The molecule has 1 unspecified atom stereocenters. The Labute approximate surface area is 90.7 Å². The Kier molecular flexibility index (Phi) is 2.85. The van der Waals surface area contributed by atoms with Crippen LogP contribution in [-0.4, -0.2) is 26.8 Å². The van der Waals surface area contributed by atoms with Crippen LogP contribution in [0, 0.1) is 5.92 Å². The van der Waals surface area contributed by atoms with Crippen LogP contribution in [0.5, 0.6) is 0 Å².